The number of aromatic nitrogens is 1. The number of fused-ring (bicyclic) bond motifs is 1. The number of nitrogens with zero attached hydrogens (tertiary/aromatic N) is 2. The molecule has 2 aromatic carbocycles. The van der Waals surface area contributed by atoms with Gasteiger partial charge < -0.3 is 13.9 Å². The van der Waals surface area contributed by atoms with E-state index in [1.165, 1.54) is 23.0 Å². The molecule has 1 atom stereocenters. The zero-order chi connectivity index (χ0) is 27.7. The summed E-state index contributed by atoms with van der Waals surface area (Å²) in [6.07, 6.45) is 1.63. The molecule has 0 saturated carbocycles. The second kappa shape index (κ2) is 11.5. The number of hydrogen-bond donors (Lipinski definition) is 0. The molecule has 0 unspecified atom stereocenters. The average Bonchev–Trinajstić information content (AvgIpc) is 3.49. The summed E-state index contributed by atoms with van der Waals surface area (Å²) in [6.45, 7) is 2.00. The third-order valence-corrected chi connectivity index (χ3v) is 7.95. The van der Waals surface area contributed by atoms with E-state index in [2.05, 4.69) is 4.99 Å². The molecule has 200 valence electrons. The van der Waals surface area contributed by atoms with Crippen LogP contribution in [-0.2, 0) is 14.3 Å². The van der Waals surface area contributed by atoms with E-state index in [9.17, 15) is 9.59 Å². The first-order chi connectivity index (χ1) is 18.8. The Labute approximate surface area is 242 Å². The summed E-state index contributed by atoms with van der Waals surface area (Å²) in [7, 11) is 1.52. The molecule has 0 amide bonds. The van der Waals surface area contributed by atoms with E-state index in [1.54, 1.807) is 67.6 Å². The van der Waals surface area contributed by atoms with Crippen LogP contribution in [0, 0.1) is 0 Å². The molecule has 0 N–H and O–H groups in total. The van der Waals surface area contributed by atoms with Crippen molar-refractivity contribution in [1.29, 1.82) is 0 Å². The lowest BCUT2D eigenvalue weighted by Crippen LogP contribution is -2.40. The van der Waals surface area contributed by atoms with Crippen molar-refractivity contribution in [3.05, 3.63) is 112 Å². The molecule has 0 aliphatic carbocycles. The monoisotopic (exact) mass is 602 g/mol. The Balaban J connectivity index is 1.62. The average molecular weight is 604 g/mol. The molecule has 0 saturated heterocycles. The molecule has 7 nitrogen and oxygen atoms in total. The third kappa shape index (κ3) is 5.48. The molecular formula is C28H21Cl3N2O5S. The fourth-order valence-electron chi connectivity index (χ4n) is 4.26. The zero-order valence-electron chi connectivity index (χ0n) is 20.7. The van der Waals surface area contributed by atoms with Crippen molar-refractivity contribution in [3.8, 4) is 11.3 Å². The van der Waals surface area contributed by atoms with Gasteiger partial charge in [0.2, 0.25) is 0 Å². The van der Waals surface area contributed by atoms with Crippen LogP contribution in [0.2, 0.25) is 15.1 Å². The number of allylic oxidation sites excluding steroid dienone is 1. The van der Waals surface area contributed by atoms with Gasteiger partial charge in [0.1, 0.15) is 24.2 Å². The Morgan fingerprint density at radius 2 is 1.90 bits per heavy atom. The van der Waals surface area contributed by atoms with Gasteiger partial charge in [0.25, 0.3) is 5.56 Å². The first-order valence-electron chi connectivity index (χ1n) is 11.8. The second-order valence-electron chi connectivity index (χ2n) is 8.56. The first-order valence-corrected chi connectivity index (χ1v) is 13.7. The first kappa shape index (κ1) is 27.4. The van der Waals surface area contributed by atoms with Crippen LogP contribution in [0.25, 0.3) is 17.4 Å². The summed E-state index contributed by atoms with van der Waals surface area (Å²) < 4.78 is 18.2. The molecule has 39 heavy (non-hydrogen) atoms. The fourth-order valence-corrected chi connectivity index (χ4v) is 5.91. The summed E-state index contributed by atoms with van der Waals surface area (Å²) in [4.78, 5) is 32.0. The number of rotatable bonds is 7. The van der Waals surface area contributed by atoms with E-state index in [4.69, 9.17) is 48.7 Å². The molecule has 3 heterocycles. The zero-order valence-corrected chi connectivity index (χ0v) is 23.8. The highest BCUT2D eigenvalue weighted by Crippen LogP contribution is 2.35. The Kier molecular flexibility index (Phi) is 8.11. The van der Waals surface area contributed by atoms with Crippen LogP contribution in [0.15, 0.2) is 80.1 Å². The molecule has 1 aliphatic rings. The standard InChI is InChI=1S/C28H21Cl3N2O5S/c1-15-24(27(35)37-12-11-36-2)25(18-5-3-4-6-20(18)30)33-26(34)23(39-28(33)32-15)14-17-8-10-22(38-17)19-13-16(29)7-9-21(19)31/h3-10,13-14,25H,11-12H2,1-2H3/b23-14-/t25-/m1/s1. The number of benzene rings is 2. The van der Waals surface area contributed by atoms with Crippen LogP contribution < -0.4 is 14.9 Å². The maximum atomic E-state index is 13.8. The number of thiazole rings is 1. The van der Waals surface area contributed by atoms with Gasteiger partial charge in [-0.1, -0.05) is 64.3 Å². The predicted octanol–water partition coefficient (Wildman–Crippen LogP) is 5.65. The quantitative estimate of drug-likeness (QED) is 0.202. The lowest BCUT2D eigenvalue weighted by atomic mass is 9.96. The van der Waals surface area contributed by atoms with Gasteiger partial charge in [-0.2, -0.15) is 0 Å². The Morgan fingerprint density at radius 3 is 2.67 bits per heavy atom. The van der Waals surface area contributed by atoms with Crippen LogP contribution >= 0.6 is 46.1 Å². The number of carbonyl (C=O) groups excluding carboxylic acids is 1. The maximum absolute atomic E-state index is 13.8. The van der Waals surface area contributed by atoms with Gasteiger partial charge in [0, 0.05) is 28.8 Å². The number of ether oxygens (including phenoxy) is 2. The van der Waals surface area contributed by atoms with Crippen LogP contribution in [-0.4, -0.2) is 30.9 Å². The van der Waals surface area contributed by atoms with Crippen molar-refractivity contribution in [2.75, 3.05) is 20.3 Å². The molecule has 0 radical (unpaired) electrons. The highest BCUT2D eigenvalue weighted by molar-refractivity contribution is 7.07. The van der Waals surface area contributed by atoms with Crippen LogP contribution in [0.1, 0.15) is 24.3 Å². The Hall–Kier alpha value is -3.14. The van der Waals surface area contributed by atoms with Crippen molar-refractivity contribution in [3.63, 3.8) is 0 Å². The van der Waals surface area contributed by atoms with Gasteiger partial charge in [-0.3, -0.25) is 9.36 Å². The van der Waals surface area contributed by atoms with E-state index in [0.717, 1.165) is 0 Å². The minimum atomic E-state index is -0.829. The molecule has 0 fully saturated rings. The smallest absolute Gasteiger partial charge is 0.338 e. The molecule has 0 bridgehead atoms. The van der Waals surface area contributed by atoms with Gasteiger partial charge in [-0.05, 0) is 48.9 Å². The number of hydrogen-bond acceptors (Lipinski definition) is 7. The van der Waals surface area contributed by atoms with E-state index in [0.29, 0.717) is 52.7 Å². The third-order valence-electron chi connectivity index (χ3n) is 6.06. The molecule has 0 spiro atoms. The molecular weight excluding hydrogens is 583 g/mol. The summed E-state index contributed by atoms with van der Waals surface area (Å²) in [5, 5.41) is 1.41. The molecule has 1 aliphatic heterocycles. The normalized spacial score (nSPS) is 15.3. The topological polar surface area (TPSA) is 83.0 Å². The minimum absolute atomic E-state index is 0.0588. The summed E-state index contributed by atoms with van der Waals surface area (Å²) >= 11 is 20.2. The number of carbonyl (C=O) groups is 1. The molecule has 5 rings (SSSR count). The Bertz CT molecular complexity index is 1790. The second-order valence-corrected chi connectivity index (χ2v) is 10.8. The molecule has 11 heteroatoms. The number of furan rings is 1. The number of methoxy groups -OCH3 is 1. The largest absolute Gasteiger partial charge is 0.460 e. The fraction of sp³-hybridized carbons (Fsp3) is 0.179. The van der Waals surface area contributed by atoms with Crippen LogP contribution in [0.4, 0.5) is 0 Å². The van der Waals surface area contributed by atoms with Crippen molar-refractivity contribution in [1.82, 2.24) is 4.57 Å². The van der Waals surface area contributed by atoms with Crippen molar-refractivity contribution in [2.45, 2.75) is 13.0 Å². The van der Waals surface area contributed by atoms with Gasteiger partial charge >= 0.3 is 5.97 Å². The minimum Gasteiger partial charge on any atom is -0.460 e. The SMILES string of the molecule is COCCOC(=O)C1=C(C)N=c2s/c(=C\c3ccc(-c4cc(Cl)ccc4Cl)o3)c(=O)n2[C@@H]1c1ccccc1Cl. The number of esters is 1. The molecule has 2 aromatic heterocycles. The lowest BCUT2D eigenvalue weighted by molar-refractivity contribution is -0.140. The highest BCUT2D eigenvalue weighted by atomic mass is 35.5. The van der Waals surface area contributed by atoms with Crippen molar-refractivity contribution < 1.29 is 18.7 Å². The van der Waals surface area contributed by atoms with E-state index >= 15 is 0 Å². The summed E-state index contributed by atoms with van der Waals surface area (Å²) in [6, 6.07) is 14.8. The van der Waals surface area contributed by atoms with Crippen LogP contribution in [0.3, 0.4) is 0 Å². The Morgan fingerprint density at radius 1 is 1.10 bits per heavy atom. The van der Waals surface area contributed by atoms with Gasteiger partial charge in [0.05, 0.1) is 27.4 Å². The van der Waals surface area contributed by atoms with Gasteiger partial charge in [-0.15, -0.1) is 0 Å². The van der Waals surface area contributed by atoms with Gasteiger partial charge in [0.15, 0.2) is 4.80 Å². The number of halogens is 3. The lowest BCUT2D eigenvalue weighted by Gasteiger charge is -2.25. The van der Waals surface area contributed by atoms with E-state index in [1.807, 2.05) is 0 Å². The summed E-state index contributed by atoms with van der Waals surface area (Å²) in [5.41, 5.74) is 1.53. The predicted molar refractivity (Wildman–Crippen MR) is 152 cm³/mol. The molecule has 4 aromatic rings. The van der Waals surface area contributed by atoms with E-state index in [-0.39, 0.29) is 24.3 Å². The highest BCUT2D eigenvalue weighted by Gasteiger charge is 2.34. The maximum Gasteiger partial charge on any atom is 0.338 e. The summed E-state index contributed by atoms with van der Waals surface area (Å²) in [5.74, 6) is 0.351. The van der Waals surface area contributed by atoms with Crippen molar-refractivity contribution in [2.24, 2.45) is 4.99 Å². The van der Waals surface area contributed by atoms with E-state index < -0.39 is 12.0 Å². The van der Waals surface area contributed by atoms with Gasteiger partial charge in [-0.25, -0.2) is 9.79 Å². The van der Waals surface area contributed by atoms with Crippen LogP contribution in [0.5, 0.6) is 0 Å². The van der Waals surface area contributed by atoms with Crippen molar-refractivity contribution >= 4 is 58.2 Å².